The van der Waals surface area contributed by atoms with Crippen molar-refractivity contribution >= 4 is 21.8 Å². The lowest BCUT2D eigenvalue weighted by molar-refractivity contribution is 0.0868. The van der Waals surface area contributed by atoms with E-state index in [4.69, 9.17) is 0 Å². The minimum atomic E-state index is -0.528. The topological polar surface area (TPSA) is 62.2 Å². The van der Waals surface area contributed by atoms with Gasteiger partial charge in [0.15, 0.2) is 0 Å². The molecular formula is C13H19BrN2O2. The first kappa shape index (κ1) is 15.1. The minimum Gasteiger partial charge on any atom is -0.391 e. The lowest BCUT2D eigenvalue weighted by atomic mass is 9.89. The molecule has 1 amide bonds. The molecule has 0 bridgehead atoms. The van der Waals surface area contributed by atoms with Crippen LogP contribution in [-0.4, -0.2) is 28.6 Å². The van der Waals surface area contributed by atoms with Crippen molar-refractivity contribution in [3.63, 3.8) is 0 Å². The van der Waals surface area contributed by atoms with E-state index in [0.29, 0.717) is 16.6 Å². The molecule has 1 rings (SSSR count). The molecule has 4 nitrogen and oxygen atoms in total. The largest absolute Gasteiger partial charge is 0.391 e. The van der Waals surface area contributed by atoms with Gasteiger partial charge in [-0.15, -0.1) is 0 Å². The van der Waals surface area contributed by atoms with Crippen LogP contribution in [0.3, 0.4) is 0 Å². The van der Waals surface area contributed by atoms with Gasteiger partial charge in [0.05, 0.1) is 6.10 Å². The van der Waals surface area contributed by atoms with Crippen molar-refractivity contribution in [2.45, 2.75) is 33.3 Å². The molecular weight excluding hydrogens is 296 g/mol. The van der Waals surface area contributed by atoms with E-state index >= 15 is 0 Å². The smallest absolute Gasteiger partial charge is 0.251 e. The van der Waals surface area contributed by atoms with E-state index in [1.165, 1.54) is 0 Å². The predicted octanol–water partition coefficient (Wildman–Crippen LogP) is 2.37. The average Bonchev–Trinajstić information content (AvgIpc) is 2.23. The van der Waals surface area contributed by atoms with E-state index in [1.54, 1.807) is 18.3 Å². The van der Waals surface area contributed by atoms with Gasteiger partial charge < -0.3 is 10.4 Å². The van der Waals surface area contributed by atoms with Gasteiger partial charge in [-0.1, -0.05) is 20.8 Å². The van der Waals surface area contributed by atoms with Gasteiger partial charge in [-0.2, -0.15) is 0 Å². The number of aliphatic hydroxyl groups is 1. The Morgan fingerprint density at radius 2 is 2.22 bits per heavy atom. The van der Waals surface area contributed by atoms with Gasteiger partial charge in [0.25, 0.3) is 5.91 Å². The highest BCUT2D eigenvalue weighted by Gasteiger charge is 2.17. The van der Waals surface area contributed by atoms with Crippen LogP contribution in [0.5, 0.6) is 0 Å². The van der Waals surface area contributed by atoms with Crippen LogP contribution in [0, 0.1) is 5.41 Å². The Hall–Kier alpha value is -0.940. The Bertz CT molecular complexity index is 416. The second-order valence-corrected chi connectivity index (χ2v) is 6.31. The molecule has 1 aromatic heterocycles. The van der Waals surface area contributed by atoms with Crippen LogP contribution in [0.15, 0.2) is 22.9 Å². The molecule has 5 heteroatoms. The number of nitrogens with zero attached hydrogens (tertiary/aromatic N) is 1. The number of aliphatic hydroxyl groups excluding tert-OH is 1. The molecule has 0 aliphatic rings. The third kappa shape index (κ3) is 5.60. The number of carbonyl (C=O) groups excluding carboxylic acids is 1. The average molecular weight is 315 g/mol. The molecule has 0 saturated heterocycles. The number of aromatic nitrogens is 1. The molecule has 0 radical (unpaired) electrons. The molecule has 1 unspecified atom stereocenters. The number of carbonyl (C=O) groups is 1. The van der Waals surface area contributed by atoms with Crippen molar-refractivity contribution in [2.75, 3.05) is 6.54 Å². The summed E-state index contributed by atoms with van der Waals surface area (Å²) >= 11 is 3.21. The monoisotopic (exact) mass is 314 g/mol. The first-order valence-corrected chi connectivity index (χ1v) is 6.65. The number of halogens is 1. The molecule has 0 saturated carbocycles. The summed E-state index contributed by atoms with van der Waals surface area (Å²) in [4.78, 5) is 15.7. The Balaban J connectivity index is 2.47. The zero-order valence-corrected chi connectivity index (χ0v) is 12.5. The molecule has 0 fully saturated rings. The third-order valence-electron chi connectivity index (χ3n) is 2.33. The SMILES string of the molecule is CC(C)(C)CC(O)CNC(=O)c1ccnc(Br)c1. The van der Waals surface area contributed by atoms with Crippen molar-refractivity contribution in [2.24, 2.45) is 5.41 Å². The summed E-state index contributed by atoms with van der Waals surface area (Å²) in [7, 11) is 0. The van der Waals surface area contributed by atoms with Crippen molar-refractivity contribution in [3.8, 4) is 0 Å². The molecule has 1 atom stereocenters. The number of pyridine rings is 1. The van der Waals surface area contributed by atoms with Crippen LogP contribution < -0.4 is 5.32 Å². The highest BCUT2D eigenvalue weighted by atomic mass is 79.9. The van der Waals surface area contributed by atoms with E-state index in [2.05, 4.69) is 47.0 Å². The van der Waals surface area contributed by atoms with E-state index in [9.17, 15) is 9.90 Å². The maximum absolute atomic E-state index is 11.8. The van der Waals surface area contributed by atoms with Crippen LogP contribution >= 0.6 is 15.9 Å². The maximum Gasteiger partial charge on any atom is 0.251 e. The summed E-state index contributed by atoms with van der Waals surface area (Å²) in [5.74, 6) is -0.203. The first-order chi connectivity index (χ1) is 8.28. The van der Waals surface area contributed by atoms with Gasteiger partial charge in [-0.05, 0) is 39.9 Å². The normalized spacial score (nSPS) is 13.2. The van der Waals surface area contributed by atoms with Crippen molar-refractivity contribution in [1.29, 1.82) is 0 Å². The van der Waals surface area contributed by atoms with E-state index in [-0.39, 0.29) is 17.9 Å². The van der Waals surface area contributed by atoms with Crippen LogP contribution in [0.4, 0.5) is 0 Å². The van der Waals surface area contributed by atoms with E-state index in [0.717, 1.165) is 0 Å². The fourth-order valence-corrected chi connectivity index (χ4v) is 2.00. The fraction of sp³-hybridized carbons (Fsp3) is 0.538. The van der Waals surface area contributed by atoms with Gasteiger partial charge in [-0.25, -0.2) is 4.98 Å². The number of hydrogen-bond donors (Lipinski definition) is 2. The summed E-state index contributed by atoms with van der Waals surface area (Å²) in [6, 6.07) is 3.28. The minimum absolute atomic E-state index is 0.0455. The van der Waals surface area contributed by atoms with Crippen molar-refractivity contribution < 1.29 is 9.90 Å². The third-order valence-corrected chi connectivity index (χ3v) is 2.77. The van der Waals surface area contributed by atoms with Crippen molar-refractivity contribution in [1.82, 2.24) is 10.3 Å². The summed E-state index contributed by atoms with van der Waals surface area (Å²) < 4.78 is 0.616. The lowest BCUT2D eigenvalue weighted by Gasteiger charge is -2.22. The predicted molar refractivity (Wildman–Crippen MR) is 74.3 cm³/mol. The Morgan fingerprint density at radius 1 is 1.56 bits per heavy atom. The van der Waals surface area contributed by atoms with Gasteiger partial charge in [0, 0.05) is 18.3 Å². The second kappa shape index (κ2) is 6.29. The zero-order valence-electron chi connectivity index (χ0n) is 10.9. The van der Waals surface area contributed by atoms with E-state index < -0.39 is 6.10 Å². The fourth-order valence-electron chi connectivity index (χ4n) is 1.64. The number of rotatable bonds is 4. The first-order valence-electron chi connectivity index (χ1n) is 5.86. The molecule has 0 spiro atoms. The molecule has 18 heavy (non-hydrogen) atoms. The van der Waals surface area contributed by atoms with Gasteiger partial charge >= 0.3 is 0 Å². The lowest BCUT2D eigenvalue weighted by Crippen LogP contribution is -2.34. The molecule has 1 aromatic rings. The van der Waals surface area contributed by atoms with E-state index in [1.807, 2.05) is 0 Å². The Labute approximate surface area is 116 Å². The highest BCUT2D eigenvalue weighted by Crippen LogP contribution is 2.20. The number of nitrogens with one attached hydrogen (secondary N) is 1. The van der Waals surface area contributed by atoms with Crippen LogP contribution in [0.1, 0.15) is 37.6 Å². The number of amides is 1. The molecule has 2 N–H and O–H groups in total. The van der Waals surface area contributed by atoms with Crippen molar-refractivity contribution in [3.05, 3.63) is 28.5 Å². The maximum atomic E-state index is 11.8. The van der Waals surface area contributed by atoms with Crippen LogP contribution in [0.2, 0.25) is 0 Å². The second-order valence-electron chi connectivity index (χ2n) is 5.50. The Kier molecular flexibility index (Phi) is 5.28. The summed E-state index contributed by atoms with van der Waals surface area (Å²) in [5.41, 5.74) is 0.573. The quantitative estimate of drug-likeness (QED) is 0.839. The summed E-state index contributed by atoms with van der Waals surface area (Å²) in [5, 5.41) is 12.5. The summed E-state index contributed by atoms with van der Waals surface area (Å²) in [6.07, 6.45) is 1.68. The molecule has 0 aliphatic carbocycles. The Morgan fingerprint density at radius 3 is 2.78 bits per heavy atom. The molecule has 100 valence electrons. The standard InChI is InChI=1S/C13H19BrN2O2/c1-13(2,3)7-10(17)8-16-12(18)9-4-5-15-11(14)6-9/h4-6,10,17H,7-8H2,1-3H3,(H,16,18). The molecule has 0 aromatic carbocycles. The highest BCUT2D eigenvalue weighted by molar-refractivity contribution is 9.10. The van der Waals surface area contributed by atoms with Crippen LogP contribution in [0.25, 0.3) is 0 Å². The molecule has 0 aliphatic heterocycles. The zero-order chi connectivity index (χ0) is 13.8. The summed E-state index contributed by atoms with van der Waals surface area (Å²) in [6.45, 7) is 6.42. The van der Waals surface area contributed by atoms with Gasteiger partial charge in [-0.3, -0.25) is 4.79 Å². The van der Waals surface area contributed by atoms with Crippen LogP contribution in [-0.2, 0) is 0 Å². The number of hydrogen-bond acceptors (Lipinski definition) is 3. The van der Waals surface area contributed by atoms with Gasteiger partial charge in [0.2, 0.25) is 0 Å². The molecule has 1 heterocycles. The van der Waals surface area contributed by atoms with Gasteiger partial charge in [0.1, 0.15) is 4.60 Å².